The van der Waals surface area contributed by atoms with Crippen LogP contribution in [-0.2, 0) is 0 Å². The van der Waals surface area contributed by atoms with Crippen molar-refractivity contribution < 1.29 is 5.21 Å². The summed E-state index contributed by atoms with van der Waals surface area (Å²) >= 11 is 1.86. The summed E-state index contributed by atoms with van der Waals surface area (Å²) in [5, 5.41) is 12.6. The van der Waals surface area contributed by atoms with Crippen LogP contribution in [0.2, 0.25) is 0 Å². The van der Waals surface area contributed by atoms with Crippen LogP contribution in [0, 0.1) is 5.92 Å². The van der Waals surface area contributed by atoms with Crippen LogP contribution >= 0.6 is 11.8 Å². The Morgan fingerprint density at radius 2 is 1.89 bits per heavy atom. The van der Waals surface area contributed by atoms with Crippen LogP contribution < -0.4 is 5.73 Å². The molecule has 0 bridgehead atoms. The first-order chi connectivity index (χ1) is 8.56. The molecule has 18 heavy (non-hydrogen) atoms. The Balaban J connectivity index is 2.75. The second-order valence-corrected chi connectivity index (χ2v) is 6.18. The van der Waals surface area contributed by atoms with E-state index in [2.05, 4.69) is 25.9 Å². The van der Waals surface area contributed by atoms with E-state index in [9.17, 15) is 0 Å². The summed E-state index contributed by atoms with van der Waals surface area (Å²) in [7, 11) is 0. The number of amidine groups is 1. The second kappa shape index (κ2) is 7.31. The van der Waals surface area contributed by atoms with Gasteiger partial charge in [-0.05, 0) is 11.5 Å². The average Bonchev–Trinajstić information content (AvgIpc) is 2.39. The summed E-state index contributed by atoms with van der Waals surface area (Å²) in [6.45, 7) is 6.63. The molecule has 100 valence electrons. The maximum absolute atomic E-state index is 8.89. The Morgan fingerprint density at radius 3 is 2.39 bits per heavy atom. The molecule has 1 rings (SSSR count). The van der Waals surface area contributed by atoms with E-state index in [1.165, 1.54) is 0 Å². The van der Waals surface area contributed by atoms with Crippen LogP contribution in [0.25, 0.3) is 0 Å². The Labute approximate surface area is 113 Å². The number of hydrogen-bond acceptors (Lipinski definition) is 3. The van der Waals surface area contributed by atoms with Gasteiger partial charge in [-0.3, -0.25) is 0 Å². The Morgan fingerprint density at radius 1 is 1.28 bits per heavy atom. The first-order valence-electron chi connectivity index (χ1n) is 6.20. The van der Waals surface area contributed by atoms with Gasteiger partial charge >= 0.3 is 0 Å². The van der Waals surface area contributed by atoms with Gasteiger partial charge in [0.1, 0.15) is 5.84 Å². The quantitative estimate of drug-likeness (QED) is 0.359. The highest BCUT2D eigenvalue weighted by atomic mass is 32.2. The van der Waals surface area contributed by atoms with E-state index < -0.39 is 0 Å². The molecular formula is C14H22N2OS. The predicted molar refractivity (Wildman–Crippen MR) is 79.3 cm³/mol. The average molecular weight is 266 g/mol. The van der Waals surface area contributed by atoms with Crippen LogP contribution in [0.3, 0.4) is 0 Å². The lowest BCUT2D eigenvalue weighted by molar-refractivity contribution is 0.316. The summed E-state index contributed by atoms with van der Waals surface area (Å²) in [6.07, 6.45) is 0. The summed E-state index contributed by atoms with van der Waals surface area (Å²) < 4.78 is 0. The number of thioether (sulfide) groups is 1. The van der Waals surface area contributed by atoms with Gasteiger partial charge in [-0.25, -0.2) is 0 Å². The van der Waals surface area contributed by atoms with E-state index in [4.69, 9.17) is 10.9 Å². The zero-order valence-electron chi connectivity index (χ0n) is 11.2. The van der Waals surface area contributed by atoms with E-state index in [1.807, 2.05) is 42.1 Å². The molecule has 0 aliphatic carbocycles. The van der Waals surface area contributed by atoms with Gasteiger partial charge in [0.25, 0.3) is 0 Å². The molecule has 3 nitrogen and oxygen atoms in total. The molecule has 0 amide bonds. The number of benzene rings is 1. The maximum atomic E-state index is 8.89. The zero-order valence-corrected chi connectivity index (χ0v) is 12.0. The number of nitrogens with two attached hydrogens (primary N) is 1. The number of hydrogen-bond donors (Lipinski definition) is 2. The van der Waals surface area contributed by atoms with E-state index in [1.54, 1.807) is 0 Å². The third-order valence-corrected chi connectivity index (χ3v) is 4.73. The van der Waals surface area contributed by atoms with Gasteiger partial charge < -0.3 is 10.9 Å². The van der Waals surface area contributed by atoms with Crippen molar-refractivity contribution in [1.29, 1.82) is 0 Å². The summed E-state index contributed by atoms with van der Waals surface area (Å²) in [5.74, 6) is 1.71. The predicted octanol–water partition coefficient (Wildman–Crippen LogP) is 3.29. The van der Waals surface area contributed by atoms with Gasteiger partial charge in [0.15, 0.2) is 0 Å². The van der Waals surface area contributed by atoms with Crippen molar-refractivity contribution in [1.82, 2.24) is 0 Å². The van der Waals surface area contributed by atoms with Crippen molar-refractivity contribution in [2.24, 2.45) is 16.8 Å². The minimum Gasteiger partial charge on any atom is -0.409 e. The highest BCUT2D eigenvalue weighted by Crippen LogP contribution is 2.26. The van der Waals surface area contributed by atoms with Crippen LogP contribution in [0.15, 0.2) is 35.5 Å². The van der Waals surface area contributed by atoms with Crippen LogP contribution in [0.5, 0.6) is 0 Å². The van der Waals surface area contributed by atoms with Crippen LogP contribution in [0.4, 0.5) is 0 Å². The third-order valence-electron chi connectivity index (χ3n) is 3.14. The van der Waals surface area contributed by atoms with Gasteiger partial charge in [-0.15, -0.1) is 0 Å². The Bertz CT molecular complexity index is 379. The van der Waals surface area contributed by atoms with Crippen LogP contribution in [-0.4, -0.2) is 22.0 Å². The molecule has 0 saturated heterocycles. The molecule has 0 aliphatic heterocycles. The topological polar surface area (TPSA) is 58.6 Å². The molecule has 2 unspecified atom stereocenters. The van der Waals surface area contributed by atoms with Crippen molar-refractivity contribution in [3.05, 3.63) is 35.9 Å². The fourth-order valence-electron chi connectivity index (χ4n) is 1.55. The van der Waals surface area contributed by atoms with Crippen molar-refractivity contribution in [3.8, 4) is 0 Å². The van der Waals surface area contributed by atoms with E-state index in [-0.39, 0.29) is 11.8 Å². The van der Waals surface area contributed by atoms with Crippen LogP contribution in [0.1, 0.15) is 32.3 Å². The number of rotatable bonds is 6. The monoisotopic (exact) mass is 266 g/mol. The molecule has 0 aliphatic rings. The van der Waals surface area contributed by atoms with Crippen molar-refractivity contribution in [3.63, 3.8) is 0 Å². The molecule has 0 aromatic heterocycles. The van der Waals surface area contributed by atoms with Gasteiger partial charge in [-0.1, -0.05) is 56.3 Å². The molecule has 1 aromatic rings. The van der Waals surface area contributed by atoms with Gasteiger partial charge in [0, 0.05) is 11.0 Å². The van der Waals surface area contributed by atoms with Gasteiger partial charge in [0.2, 0.25) is 0 Å². The Hall–Kier alpha value is -1.16. The largest absolute Gasteiger partial charge is 0.409 e. The highest BCUT2D eigenvalue weighted by molar-refractivity contribution is 7.99. The molecule has 0 fully saturated rings. The standard InChI is InChI=1S/C14H22N2OS/c1-10(2)11(3)18-9-13(14(15)16-17)12-7-5-4-6-8-12/h4-8,10-11,13,17H,9H2,1-3H3,(H2,15,16). The molecule has 0 heterocycles. The van der Waals surface area contributed by atoms with Crippen molar-refractivity contribution >= 4 is 17.6 Å². The lowest BCUT2D eigenvalue weighted by atomic mass is 10.0. The molecule has 3 N–H and O–H groups in total. The highest BCUT2D eigenvalue weighted by Gasteiger charge is 2.18. The van der Waals surface area contributed by atoms with E-state index in [0.29, 0.717) is 11.2 Å². The van der Waals surface area contributed by atoms with Crippen molar-refractivity contribution in [2.75, 3.05) is 5.75 Å². The molecule has 0 saturated carbocycles. The smallest absolute Gasteiger partial charge is 0.147 e. The zero-order chi connectivity index (χ0) is 13.5. The fourth-order valence-corrected chi connectivity index (χ4v) is 2.79. The van der Waals surface area contributed by atoms with Gasteiger partial charge in [0.05, 0.1) is 5.92 Å². The van der Waals surface area contributed by atoms with Gasteiger partial charge in [-0.2, -0.15) is 11.8 Å². The lowest BCUT2D eigenvalue weighted by Crippen LogP contribution is -2.25. The maximum Gasteiger partial charge on any atom is 0.147 e. The molecule has 0 radical (unpaired) electrons. The van der Waals surface area contributed by atoms with E-state index in [0.717, 1.165) is 11.3 Å². The SMILES string of the molecule is CC(C)C(C)SCC(/C(N)=N/O)c1ccccc1. The fraction of sp³-hybridized carbons (Fsp3) is 0.500. The molecule has 4 heteroatoms. The Kier molecular flexibility index (Phi) is 6.05. The summed E-state index contributed by atoms with van der Waals surface area (Å²) in [6, 6.07) is 9.95. The molecule has 2 atom stereocenters. The van der Waals surface area contributed by atoms with E-state index >= 15 is 0 Å². The minimum absolute atomic E-state index is 0.0256. The molecule has 0 spiro atoms. The first kappa shape index (κ1) is 14.9. The minimum atomic E-state index is -0.0256. The first-order valence-corrected chi connectivity index (χ1v) is 7.25. The normalized spacial score (nSPS) is 15.7. The molecule has 1 aromatic carbocycles. The lowest BCUT2D eigenvalue weighted by Gasteiger charge is -2.20. The number of oxime groups is 1. The van der Waals surface area contributed by atoms with Crippen molar-refractivity contribution in [2.45, 2.75) is 31.9 Å². The second-order valence-electron chi connectivity index (χ2n) is 4.77. The molecular weight excluding hydrogens is 244 g/mol. The summed E-state index contributed by atoms with van der Waals surface area (Å²) in [5.41, 5.74) is 6.89. The number of nitrogens with zero attached hydrogens (tertiary/aromatic N) is 1. The summed E-state index contributed by atoms with van der Waals surface area (Å²) in [4.78, 5) is 0. The third kappa shape index (κ3) is 4.26.